The number of nitrogens with one attached hydrogen (secondary N) is 2. The van der Waals surface area contributed by atoms with Gasteiger partial charge in [0, 0.05) is 46.7 Å². The third-order valence-electron chi connectivity index (χ3n) is 10.3. The maximum absolute atomic E-state index is 12.2. The number of piperidine rings is 1. The van der Waals surface area contributed by atoms with Gasteiger partial charge in [0.2, 0.25) is 18.4 Å². The highest BCUT2D eigenvalue weighted by Gasteiger charge is 2.44. The second-order valence-corrected chi connectivity index (χ2v) is 16.9. The number of amides is 2. The van der Waals surface area contributed by atoms with Crippen molar-refractivity contribution in [2.24, 2.45) is 0 Å². The highest BCUT2D eigenvalue weighted by Crippen LogP contribution is 2.39. The molecule has 1 aromatic heterocycles. The van der Waals surface area contributed by atoms with E-state index in [-0.39, 0.29) is 35.3 Å². The summed E-state index contributed by atoms with van der Waals surface area (Å²) < 4.78 is 12.3. The highest BCUT2D eigenvalue weighted by atomic mass is 32.2. The van der Waals surface area contributed by atoms with E-state index in [0.717, 1.165) is 57.0 Å². The molecule has 2 atom stereocenters. The Morgan fingerprint density at radius 2 is 1.67 bits per heavy atom. The lowest BCUT2D eigenvalue weighted by molar-refractivity contribution is -0.783. The first-order valence-corrected chi connectivity index (χ1v) is 22.4. The Labute approximate surface area is 374 Å². The predicted octanol–water partition coefficient (Wildman–Crippen LogP) is 7.25. The molecular formula is C45H66N7O10S+. The Morgan fingerprint density at radius 3 is 2.24 bits per heavy atom. The van der Waals surface area contributed by atoms with Gasteiger partial charge in [-0.15, -0.1) is 4.68 Å². The van der Waals surface area contributed by atoms with Crippen molar-refractivity contribution in [3.63, 3.8) is 0 Å². The van der Waals surface area contributed by atoms with E-state index in [2.05, 4.69) is 28.4 Å². The molecule has 1 fully saturated rings. The normalized spacial score (nSPS) is 16.3. The molecule has 1 aliphatic heterocycles. The number of aromatic hydroxyl groups is 2. The molecule has 2 aromatic carbocycles. The van der Waals surface area contributed by atoms with Crippen LogP contribution in [-0.4, -0.2) is 102 Å². The van der Waals surface area contributed by atoms with Crippen LogP contribution in [-0.2, 0) is 25.9 Å². The molecule has 346 valence electrons. The lowest BCUT2D eigenvalue weighted by Gasteiger charge is -2.30. The van der Waals surface area contributed by atoms with Crippen molar-refractivity contribution in [1.29, 1.82) is 5.26 Å². The monoisotopic (exact) mass is 896 g/mol. The first-order chi connectivity index (χ1) is 30.1. The standard InChI is InChI=1S/C22H34N2O3.C12H14N4O4S.C11H17NO3/c1-3-4-5-6-7-8-9-10-11-12-17-21(22(25)24(2)26)27-20-16-14-13-15-19(20)18-23;1-7(17)14-8-3-10(19)11(4-9(8)18)21-12-13-5-16(15-12)6-20-2;1-11(15)7-8(9(13)10(11)14)12-5-3-2-4-6-12/h13-16,21,26H,3-12,17H2,1-2H3;3-5H,6H2,1-2H3,(H3,14,17,18,19);13,15H,2-7H2,1H3/p+1. The van der Waals surface area contributed by atoms with Crippen molar-refractivity contribution in [1.82, 2.24) is 20.0 Å². The number of H-pyrrole nitrogens is 1. The zero-order chi connectivity index (χ0) is 46.4. The summed E-state index contributed by atoms with van der Waals surface area (Å²) in [5, 5.41) is 64.3. The summed E-state index contributed by atoms with van der Waals surface area (Å²) >= 11 is 1.14. The Balaban J connectivity index is 0.000000261. The molecule has 7 N–H and O–H groups in total. The van der Waals surface area contributed by atoms with Gasteiger partial charge in [-0.1, -0.05) is 76.8 Å². The van der Waals surface area contributed by atoms with Crippen LogP contribution >= 0.6 is 11.8 Å². The highest BCUT2D eigenvalue weighted by molar-refractivity contribution is 7.99. The van der Waals surface area contributed by atoms with Crippen LogP contribution in [0.4, 0.5) is 5.69 Å². The Morgan fingerprint density at radius 1 is 1.03 bits per heavy atom. The summed E-state index contributed by atoms with van der Waals surface area (Å²) in [4.78, 5) is 41.2. The maximum atomic E-state index is 12.2. The van der Waals surface area contributed by atoms with E-state index in [0.29, 0.717) is 45.3 Å². The van der Waals surface area contributed by atoms with E-state index in [1.54, 1.807) is 42.4 Å². The number of hydroxylamine groups is 2. The number of aliphatic hydroxyl groups is 2. The minimum absolute atomic E-state index is 0.0729. The number of hydrogen-bond donors (Lipinski definition) is 7. The molecule has 0 radical (unpaired) electrons. The molecule has 18 heteroatoms. The van der Waals surface area contributed by atoms with Gasteiger partial charge >= 0.3 is 11.5 Å². The van der Waals surface area contributed by atoms with Crippen LogP contribution in [0.5, 0.6) is 17.2 Å². The van der Waals surface area contributed by atoms with Crippen molar-refractivity contribution in [3.8, 4) is 23.3 Å². The molecule has 3 aromatic rings. The Hall–Kier alpha value is -5.35. The molecule has 1 saturated heterocycles. The van der Waals surface area contributed by atoms with Crippen LogP contribution in [0.1, 0.15) is 123 Å². The van der Waals surface area contributed by atoms with E-state index in [9.17, 15) is 40.0 Å². The number of aromatic amines is 1. The van der Waals surface area contributed by atoms with Crippen LogP contribution in [0.15, 0.2) is 64.2 Å². The number of likely N-dealkylation sites (tertiary alicyclic amines) is 1. The molecule has 5 rings (SSSR count). The van der Waals surface area contributed by atoms with Crippen molar-refractivity contribution in [2.75, 3.05) is 32.6 Å². The number of carbonyl (C=O) groups excluding carboxylic acids is 3. The molecule has 17 nitrogen and oxygen atoms in total. The number of phenols is 2. The fourth-order valence-electron chi connectivity index (χ4n) is 6.96. The van der Waals surface area contributed by atoms with Crippen LogP contribution in [0, 0.1) is 11.3 Å². The third-order valence-corrected chi connectivity index (χ3v) is 11.3. The van der Waals surface area contributed by atoms with Gasteiger partial charge in [-0.05, 0) is 74.0 Å². The molecule has 2 aliphatic rings. The predicted molar refractivity (Wildman–Crippen MR) is 236 cm³/mol. The number of aliphatic hydroxyl groups excluding tert-OH is 1. The molecule has 2 unspecified atom stereocenters. The quantitative estimate of drug-likeness (QED) is 0.0148. The SMILES string of the molecule is CC1(O)CC(N2CCCCC2)=C(O)C1=O.CCCCCCCCCCCCC(Oc1ccccc1C#N)C(=O)N(C)O.COC[n+]1cnc(Sc2cc(O)c(NC(C)=O)cc2O)[nH]1. The Bertz CT molecular complexity index is 1990. The number of aromatic nitrogens is 3. The molecule has 0 bridgehead atoms. The number of likely N-dealkylation sites (N-methyl/N-ethyl adjacent to an activating group) is 1. The van der Waals surface area contributed by atoms with E-state index in [1.807, 2.05) is 4.90 Å². The van der Waals surface area contributed by atoms with Crippen LogP contribution in [0.2, 0.25) is 0 Å². The van der Waals surface area contributed by atoms with Crippen molar-refractivity contribution >= 4 is 35.0 Å². The zero-order valence-electron chi connectivity index (χ0n) is 37.3. The van der Waals surface area contributed by atoms with E-state index >= 15 is 0 Å². The number of benzene rings is 2. The fourth-order valence-corrected chi connectivity index (χ4v) is 7.77. The average molecular weight is 897 g/mol. The first-order valence-electron chi connectivity index (χ1n) is 21.6. The second-order valence-electron chi connectivity index (χ2n) is 15.8. The van der Waals surface area contributed by atoms with Crippen molar-refractivity contribution in [2.45, 2.75) is 146 Å². The molecule has 2 amide bonds. The smallest absolute Gasteiger partial charge is 0.315 e. The zero-order valence-corrected chi connectivity index (χ0v) is 38.1. The number of anilines is 1. The summed E-state index contributed by atoms with van der Waals surface area (Å²) in [6.07, 6.45) is 17.1. The van der Waals surface area contributed by atoms with E-state index < -0.39 is 23.4 Å². The number of hydrogen-bond acceptors (Lipinski definition) is 14. The number of para-hydroxylation sites is 1. The number of ether oxygens (including phenoxy) is 2. The molecule has 1 aliphatic carbocycles. The topological polar surface area (TPSA) is 246 Å². The lowest BCUT2D eigenvalue weighted by atomic mass is 10.0. The number of unbranched alkanes of at least 4 members (excludes halogenated alkanes) is 9. The summed E-state index contributed by atoms with van der Waals surface area (Å²) in [7, 11) is 2.86. The Kier molecular flexibility index (Phi) is 22.3. The minimum atomic E-state index is -1.41. The molecule has 0 saturated carbocycles. The van der Waals surface area contributed by atoms with Crippen LogP contribution < -0.4 is 14.7 Å². The van der Waals surface area contributed by atoms with Gasteiger partial charge in [0.1, 0.15) is 28.9 Å². The summed E-state index contributed by atoms with van der Waals surface area (Å²) in [6, 6.07) is 11.5. The van der Waals surface area contributed by atoms with Gasteiger partial charge in [-0.2, -0.15) is 10.4 Å². The van der Waals surface area contributed by atoms with Crippen LogP contribution in [0.3, 0.4) is 0 Å². The van der Waals surface area contributed by atoms with Gasteiger partial charge in [-0.3, -0.25) is 19.6 Å². The number of methoxy groups -OCH3 is 1. The lowest BCUT2D eigenvalue weighted by Crippen LogP contribution is -2.38. The number of rotatable bonds is 20. The fraction of sp³-hybridized carbons (Fsp3) is 0.556. The summed E-state index contributed by atoms with van der Waals surface area (Å²) in [5.74, 6) is -1.43. The minimum Gasteiger partial charge on any atom is -0.507 e. The van der Waals surface area contributed by atoms with Gasteiger partial charge in [0.25, 0.3) is 5.91 Å². The molecule has 2 heterocycles. The summed E-state index contributed by atoms with van der Waals surface area (Å²) in [5.41, 5.74) is -0.237. The van der Waals surface area contributed by atoms with Crippen molar-refractivity contribution < 1.29 is 54.2 Å². The molecule has 63 heavy (non-hydrogen) atoms. The maximum Gasteiger partial charge on any atom is 0.315 e. The van der Waals surface area contributed by atoms with Gasteiger partial charge in [-0.25, -0.2) is 5.06 Å². The average Bonchev–Trinajstić information content (AvgIpc) is 3.79. The van der Waals surface area contributed by atoms with Gasteiger partial charge in [0.05, 0.1) is 21.8 Å². The summed E-state index contributed by atoms with van der Waals surface area (Å²) in [6.45, 7) is 7.09. The van der Waals surface area contributed by atoms with Gasteiger partial charge in [0.15, 0.2) is 11.9 Å². The number of ketones is 1. The molecule has 0 spiro atoms. The number of phenolic OH excluding ortho intramolecular Hbond substituents is 2. The van der Waals surface area contributed by atoms with Crippen molar-refractivity contribution in [3.05, 3.63) is 59.7 Å². The van der Waals surface area contributed by atoms with Crippen LogP contribution in [0.25, 0.3) is 0 Å². The number of carbonyl (C=O) groups is 3. The largest absolute Gasteiger partial charge is 0.507 e. The van der Waals surface area contributed by atoms with E-state index in [1.165, 1.54) is 84.4 Å². The number of Topliss-reactive ketones (excluding diaryl/α,β-unsaturated/α-hetero) is 1. The van der Waals surface area contributed by atoms with E-state index in [4.69, 9.17) is 14.7 Å². The first kappa shape index (κ1) is 52.0. The third kappa shape index (κ3) is 17.4. The second kappa shape index (κ2) is 27.0. The number of nitriles is 1. The molecular weight excluding hydrogens is 831 g/mol. The van der Waals surface area contributed by atoms with Gasteiger partial charge < -0.3 is 40.1 Å². The number of nitrogens with zero attached hydrogens (tertiary/aromatic N) is 5.